The smallest absolute Gasteiger partial charge is 0.191 e. The van der Waals surface area contributed by atoms with Gasteiger partial charge in [-0.25, -0.2) is 4.99 Å². The van der Waals surface area contributed by atoms with Crippen molar-refractivity contribution in [3.05, 3.63) is 47.8 Å². The number of nitrogens with one attached hydrogen (secondary N) is 2. The van der Waals surface area contributed by atoms with Crippen LogP contribution in [0.2, 0.25) is 0 Å². The van der Waals surface area contributed by atoms with Gasteiger partial charge in [0.25, 0.3) is 0 Å². The molecule has 0 aliphatic carbocycles. The minimum Gasteiger partial charge on any atom is -0.492 e. The van der Waals surface area contributed by atoms with Crippen molar-refractivity contribution in [2.75, 3.05) is 19.7 Å². The fourth-order valence-corrected chi connectivity index (χ4v) is 2.45. The SMILES string of the molecule is CCNC(=NCc1ccnn1C)NCCOc1ccc(C(C)(C)C)cc1.I. The van der Waals surface area contributed by atoms with Crippen LogP contribution in [0.1, 0.15) is 39.0 Å². The van der Waals surface area contributed by atoms with Crippen molar-refractivity contribution in [1.29, 1.82) is 0 Å². The van der Waals surface area contributed by atoms with Crippen LogP contribution in [0.4, 0.5) is 0 Å². The van der Waals surface area contributed by atoms with E-state index in [-0.39, 0.29) is 29.4 Å². The molecular weight excluding hydrogens is 453 g/mol. The number of halogens is 1. The lowest BCUT2D eigenvalue weighted by Gasteiger charge is -2.19. The predicted octanol–water partition coefficient (Wildman–Crippen LogP) is 3.47. The molecule has 0 saturated heterocycles. The van der Waals surface area contributed by atoms with Gasteiger partial charge in [-0.3, -0.25) is 4.68 Å². The molecule has 0 bridgehead atoms. The van der Waals surface area contributed by atoms with Gasteiger partial charge in [0.05, 0.1) is 18.8 Å². The van der Waals surface area contributed by atoms with E-state index in [0.717, 1.165) is 23.9 Å². The maximum absolute atomic E-state index is 5.81. The van der Waals surface area contributed by atoms with Crippen molar-refractivity contribution >= 4 is 29.9 Å². The number of guanidine groups is 1. The molecule has 0 amide bonds. The van der Waals surface area contributed by atoms with Crippen LogP contribution in [-0.2, 0) is 19.0 Å². The molecule has 1 heterocycles. The van der Waals surface area contributed by atoms with Crippen molar-refractivity contribution < 1.29 is 4.74 Å². The van der Waals surface area contributed by atoms with Crippen LogP contribution in [0, 0.1) is 0 Å². The van der Waals surface area contributed by atoms with E-state index >= 15 is 0 Å². The van der Waals surface area contributed by atoms with Gasteiger partial charge < -0.3 is 15.4 Å². The topological polar surface area (TPSA) is 63.5 Å². The second-order valence-electron chi connectivity index (χ2n) is 7.19. The number of hydrogen-bond acceptors (Lipinski definition) is 3. The Morgan fingerprint density at radius 1 is 1.15 bits per heavy atom. The van der Waals surface area contributed by atoms with E-state index in [4.69, 9.17) is 4.74 Å². The van der Waals surface area contributed by atoms with E-state index in [0.29, 0.717) is 19.7 Å². The van der Waals surface area contributed by atoms with Crippen LogP contribution in [0.25, 0.3) is 0 Å². The zero-order valence-electron chi connectivity index (χ0n) is 17.0. The number of hydrogen-bond donors (Lipinski definition) is 2. The van der Waals surface area contributed by atoms with Gasteiger partial charge in [-0.05, 0) is 36.1 Å². The monoisotopic (exact) mass is 485 g/mol. The molecule has 1 aromatic carbocycles. The molecule has 0 unspecified atom stereocenters. The third kappa shape index (κ3) is 7.78. The predicted molar refractivity (Wildman–Crippen MR) is 122 cm³/mol. The Labute approximate surface area is 179 Å². The highest BCUT2D eigenvalue weighted by Gasteiger charge is 2.12. The Balaban J connectivity index is 0.00000364. The Bertz CT molecular complexity index is 704. The van der Waals surface area contributed by atoms with Gasteiger partial charge in [0, 0.05) is 19.8 Å². The first-order valence-electron chi connectivity index (χ1n) is 9.12. The number of nitrogens with zero attached hydrogens (tertiary/aromatic N) is 3. The second kappa shape index (κ2) is 11.2. The Morgan fingerprint density at radius 2 is 1.85 bits per heavy atom. The number of rotatable bonds is 7. The molecule has 0 aliphatic heterocycles. The molecule has 2 aromatic rings. The van der Waals surface area contributed by atoms with Gasteiger partial charge >= 0.3 is 0 Å². The van der Waals surface area contributed by atoms with Crippen molar-refractivity contribution in [2.45, 2.75) is 39.7 Å². The third-order valence-electron chi connectivity index (χ3n) is 4.05. The number of benzene rings is 1. The summed E-state index contributed by atoms with van der Waals surface area (Å²) in [6, 6.07) is 10.3. The van der Waals surface area contributed by atoms with E-state index in [1.54, 1.807) is 6.20 Å². The summed E-state index contributed by atoms with van der Waals surface area (Å²) in [5.41, 5.74) is 2.53. The van der Waals surface area contributed by atoms with E-state index in [1.165, 1.54) is 5.56 Å². The van der Waals surface area contributed by atoms with E-state index in [9.17, 15) is 0 Å². The summed E-state index contributed by atoms with van der Waals surface area (Å²) in [6.07, 6.45) is 1.78. The summed E-state index contributed by atoms with van der Waals surface area (Å²) in [5.74, 6) is 1.66. The molecular formula is C20H32IN5O. The molecule has 1 aromatic heterocycles. The molecule has 0 atom stereocenters. The average Bonchev–Trinajstić information content (AvgIpc) is 3.01. The van der Waals surface area contributed by atoms with Crippen LogP contribution >= 0.6 is 24.0 Å². The summed E-state index contributed by atoms with van der Waals surface area (Å²) in [5, 5.41) is 10.7. The fourth-order valence-electron chi connectivity index (χ4n) is 2.45. The maximum atomic E-state index is 5.81. The lowest BCUT2D eigenvalue weighted by atomic mass is 9.87. The zero-order valence-corrected chi connectivity index (χ0v) is 19.3. The van der Waals surface area contributed by atoms with Crippen molar-refractivity contribution in [1.82, 2.24) is 20.4 Å². The van der Waals surface area contributed by atoms with E-state index in [1.807, 2.05) is 29.9 Å². The van der Waals surface area contributed by atoms with Crippen LogP contribution in [0.5, 0.6) is 5.75 Å². The lowest BCUT2D eigenvalue weighted by Crippen LogP contribution is -2.39. The van der Waals surface area contributed by atoms with E-state index in [2.05, 4.69) is 60.6 Å². The summed E-state index contributed by atoms with van der Waals surface area (Å²) >= 11 is 0. The Morgan fingerprint density at radius 3 is 2.41 bits per heavy atom. The van der Waals surface area contributed by atoms with Gasteiger partial charge in [-0.1, -0.05) is 32.9 Å². The average molecular weight is 485 g/mol. The molecule has 0 aliphatic rings. The highest BCUT2D eigenvalue weighted by molar-refractivity contribution is 14.0. The fraction of sp³-hybridized carbons (Fsp3) is 0.500. The Hall–Kier alpha value is -1.77. The van der Waals surface area contributed by atoms with Gasteiger partial charge in [0.2, 0.25) is 0 Å². The molecule has 0 radical (unpaired) electrons. The Kier molecular flexibility index (Phi) is 9.62. The number of ether oxygens (including phenoxy) is 1. The van der Waals surface area contributed by atoms with Gasteiger partial charge in [0.1, 0.15) is 12.4 Å². The number of aliphatic imine (C=N–C) groups is 1. The van der Waals surface area contributed by atoms with Crippen LogP contribution in [-0.4, -0.2) is 35.4 Å². The van der Waals surface area contributed by atoms with E-state index < -0.39 is 0 Å². The van der Waals surface area contributed by atoms with Crippen LogP contribution in [0.15, 0.2) is 41.5 Å². The second-order valence-corrected chi connectivity index (χ2v) is 7.19. The number of aryl methyl sites for hydroxylation is 1. The molecule has 2 N–H and O–H groups in total. The highest BCUT2D eigenvalue weighted by Crippen LogP contribution is 2.24. The molecule has 7 heteroatoms. The maximum Gasteiger partial charge on any atom is 0.191 e. The largest absolute Gasteiger partial charge is 0.492 e. The molecule has 2 rings (SSSR count). The normalized spacial score (nSPS) is 11.7. The first-order chi connectivity index (χ1) is 12.4. The third-order valence-corrected chi connectivity index (χ3v) is 4.05. The van der Waals surface area contributed by atoms with Gasteiger partial charge in [-0.15, -0.1) is 24.0 Å². The highest BCUT2D eigenvalue weighted by atomic mass is 127. The van der Waals surface area contributed by atoms with Crippen molar-refractivity contribution in [3.63, 3.8) is 0 Å². The van der Waals surface area contributed by atoms with Crippen molar-refractivity contribution in [3.8, 4) is 5.75 Å². The van der Waals surface area contributed by atoms with Gasteiger partial charge in [0.15, 0.2) is 5.96 Å². The molecule has 0 spiro atoms. The van der Waals surface area contributed by atoms with Crippen LogP contribution < -0.4 is 15.4 Å². The summed E-state index contributed by atoms with van der Waals surface area (Å²) in [6.45, 7) is 11.3. The minimum atomic E-state index is 0. The molecule has 150 valence electrons. The van der Waals surface area contributed by atoms with Crippen LogP contribution in [0.3, 0.4) is 0 Å². The lowest BCUT2D eigenvalue weighted by molar-refractivity contribution is 0.321. The first kappa shape index (κ1) is 23.3. The molecule has 0 fully saturated rings. The minimum absolute atomic E-state index is 0. The first-order valence-corrected chi connectivity index (χ1v) is 9.12. The quantitative estimate of drug-likeness (QED) is 0.273. The zero-order chi connectivity index (χ0) is 19.0. The molecule has 27 heavy (non-hydrogen) atoms. The number of aromatic nitrogens is 2. The molecule has 6 nitrogen and oxygen atoms in total. The summed E-state index contributed by atoms with van der Waals surface area (Å²) in [7, 11) is 1.92. The van der Waals surface area contributed by atoms with Crippen molar-refractivity contribution in [2.24, 2.45) is 12.0 Å². The summed E-state index contributed by atoms with van der Waals surface area (Å²) < 4.78 is 7.64. The van der Waals surface area contributed by atoms with Gasteiger partial charge in [-0.2, -0.15) is 5.10 Å². The molecule has 0 saturated carbocycles. The summed E-state index contributed by atoms with van der Waals surface area (Å²) in [4.78, 5) is 4.58. The standard InChI is InChI=1S/C20H31N5O.HI/c1-6-21-19(23-15-17-11-12-24-25(17)5)22-13-14-26-18-9-7-16(8-10-18)20(2,3)4;/h7-12H,6,13-15H2,1-5H3,(H2,21,22,23);1H.